The molecule has 0 amide bonds. The molecule has 84 valence electrons. The largest absolute Gasteiger partial charge is 0.394 e. The smallest absolute Gasteiger partial charge is 0.187 e. The molecular weight excluding hydrogens is 195 g/mol. The van der Waals surface area contributed by atoms with Gasteiger partial charge in [-0.15, -0.1) is 0 Å². The fourth-order valence-electron chi connectivity index (χ4n) is 1.31. The molecule has 5 nitrogen and oxygen atoms in total. The molecule has 1 rings (SSSR count). The Morgan fingerprint density at radius 3 is 2.36 bits per heavy atom. The molecule has 14 heavy (non-hydrogen) atoms. The average molecular weight is 210 g/mol. The molecule has 0 aromatic carbocycles. The highest BCUT2D eigenvalue weighted by Gasteiger charge is 2.46. The van der Waals surface area contributed by atoms with Gasteiger partial charge in [0.1, 0.15) is 12.2 Å². The van der Waals surface area contributed by atoms with Crippen LogP contribution in [-0.4, -0.2) is 52.4 Å². The fourth-order valence-corrected chi connectivity index (χ4v) is 1.31. The minimum atomic E-state index is -1.88. The second-order valence-electron chi connectivity index (χ2n) is 3.69. The zero-order valence-corrected chi connectivity index (χ0v) is 8.05. The van der Waals surface area contributed by atoms with Gasteiger partial charge in [0.2, 0.25) is 0 Å². The minimum absolute atomic E-state index is 0.728. The third kappa shape index (κ3) is 2.40. The van der Waals surface area contributed by atoms with Crippen LogP contribution in [0, 0.1) is 0 Å². The number of hydrogen-bond acceptors (Lipinski definition) is 5. The van der Waals surface area contributed by atoms with E-state index in [9.17, 15) is 9.50 Å². The lowest BCUT2D eigenvalue weighted by molar-refractivity contribution is -0.175. The van der Waals surface area contributed by atoms with Gasteiger partial charge in [0.15, 0.2) is 18.2 Å². The van der Waals surface area contributed by atoms with Crippen LogP contribution in [0.15, 0.2) is 0 Å². The maximum Gasteiger partial charge on any atom is 0.187 e. The van der Waals surface area contributed by atoms with Crippen molar-refractivity contribution in [2.45, 2.75) is 44.3 Å². The topological polar surface area (TPSA) is 79.2 Å². The highest BCUT2D eigenvalue weighted by Crippen LogP contribution is 2.30. The van der Waals surface area contributed by atoms with Gasteiger partial charge in [-0.25, -0.2) is 4.39 Å². The zero-order chi connectivity index (χ0) is 10.9. The predicted octanol–water partition coefficient (Wildman–Crippen LogP) is -0.852. The van der Waals surface area contributed by atoms with Crippen LogP contribution in [0.2, 0.25) is 0 Å². The standard InChI is InChI=1S/C8H15FO5/c1-8(2)13-6(7(12)14-8)5(9)4(11)3-10/h4-7,10-12H,3H2,1-2H3/t4-,5?,6-,7-/m1/s1. The summed E-state index contributed by atoms with van der Waals surface area (Å²) in [6.07, 6.45) is -6.16. The van der Waals surface area contributed by atoms with Crippen molar-refractivity contribution in [3.63, 3.8) is 0 Å². The second kappa shape index (κ2) is 4.08. The van der Waals surface area contributed by atoms with Crippen LogP contribution < -0.4 is 0 Å². The number of ether oxygens (including phenoxy) is 2. The first kappa shape index (κ1) is 11.8. The van der Waals surface area contributed by atoms with E-state index in [1.165, 1.54) is 13.8 Å². The Morgan fingerprint density at radius 2 is 2.00 bits per heavy atom. The molecule has 0 bridgehead atoms. The van der Waals surface area contributed by atoms with Gasteiger partial charge in [0, 0.05) is 0 Å². The van der Waals surface area contributed by atoms with E-state index in [2.05, 4.69) is 0 Å². The van der Waals surface area contributed by atoms with Crippen LogP contribution in [0.3, 0.4) is 0 Å². The van der Waals surface area contributed by atoms with E-state index in [1.807, 2.05) is 0 Å². The van der Waals surface area contributed by atoms with E-state index in [0.29, 0.717) is 0 Å². The lowest BCUT2D eigenvalue weighted by Crippen LogP contribution is -2.41. The van der Waals surface area contributed by atoms with Crippen LogP contribution in [0.4, 0.5) is 4.39 Å². The van der Waals surface area contributed by atoms with E-state index in [0.717, 1.165) is 0 Å². The van der Waals surface area contributed by atoms with E-state index >= 15 is 0 Å². The summed E-state index contributed by atoms with van der Waals surface area (Å²) in [5.74, 6) is -1.08. The van der Waals surface area contributed by atoms with Crippen molar-refractivity contribution in [2.75, 3.05) is 6.61 Å². The predicted molar refractivity (Wildman–Crippen MR) is 44.0 cm³/mol. The Labute approximate surface area is 81.1 Å². The SMILES string of the molecule is CC1(C)O[C@@H](O)[C@@H](C(F)[C@H](O)CO)O1. The van der Waals surface area contributed by atoms with Gasteiger partial charge >= 0.3 is 0 Å². The molecule has 3 N–H and O–H groups in total. The summed E-state index contributed by atoms with van der Waals surface area (Å²) in [6.45, 7) is 2.32. The van der Waals surface area contributed by atoms with Gasteiger partial charge in [-0.3, -0.25) is 0 Å². The molecule has 6 heteroatoms. The van der Waals surface area contributed by atoms with Crippen molar-refractivity contribution in [3.05, 3.63) is 0 Å². The van der Waals surface area contributed by atoms with Gasteiger partial charge in [-0.2, -0.15) is 0 Å². The quantitative estimate of drug-likeness (QED) is 0.565. The Hall–Kier alpha value is -0.270. The Balaban J connectivity index is 2.61. The number of alkyl halides is 1. The summed E-state index contributed by atoms with van der Waals surface area (Å²) >= 11 is 0. The van der Waals surface area contributed by atoms with Crippen molar-refractivity contribution in [1.29, 1.82) is 0 Å². The van der Waals surface area contributed by atoms with E-state index in [4.69, 9.17) is 19.7 Å². The van der Waals surface area contributed by atoms with Crippen molar-refractivity contribution >= 4 is 0 Å². The third-order valence-electron chi connectivity index (χ3n) is 1.97. The maximum atomic E-state index is 13.3. The molecule has 1 aliphatic heterocycles. The third-order valence-corrected chi connectivity index (χ3v) is 1.97. The summed E-state index contributed by atoms with van der Waals surface area (Å²) in [4.78, 5) is 0. The first-order chi connectivity index (χ1) is 6.37. The summed E-state index contributed by atoms with van der Waals surface area (Å²) in [5, 5.41) is 26.8. The molecule has 1 unspecified atom stereocenters. The van der Waals surface area contributed by atoms with E-state index < -0.39 is 37.1 Å². The number of halogens is 1. The van der Waals surface area contributed by atoms with Crippen LogP contribution in [0.5, 0.6) is 0 Å². The highest BCUT2D eigenvalue weighted by molar-refractivity contribution is 4.84. The summed E-state index contributed by atoms with van der Waals surface area (Å²) < 4.78 is 23.2. The molecular formula is C8H15FO5. The Morgan fingerprint density at radius 1 is 1.43 bits per heavy atom. The van der Waals surface area contributed by atoms with E-state index in [1.54, 1.807) is 0 Å². The summed E-state index contributed by atoms with van der Waals surface area (Å²) in [7, 11) is 0. The van der Waals surface area contributed by atoms with Crippen molar-refractivity contribution < 1.29 is 29.2 Å². The number of aliphatic hydroxyl groups excluding tert-OH is 3. The molecule has 0 aliphatic carbocycles. The van der Waals surface area contributed by atoms with Gasteiger partial charge < -0.3 is 24.8 Å². The molecule has 0 radical (unpaired) electrons. The number of aliphatic hydroxyl groups is 3. The van der Waals surface area contributed by atoms with Gasteiger partial charge in [-0.05, 0) is 13.8 Å². The van der Waals surface area contributed by atoms with Crippen molar-refractivity contribution in [1.82, 2.24) is 0 Å². The molecule has 0 saturated carbocycles. The molecule has 0 spiro atoms. The molecule has 4 atom stereocenters. The molecule has 1 fully saturated rings. The zero-order valence-electron chi connectivity index (χ0n) is 8.05. The van der Waals surface area contributed by atoms with Crippen molar-refractivity contribution in [2.24, 2.45) is 0 Å². The highest BCUT2D eigenvalue weighted by atomic mass is 19.1. The Bertz CT molecular complexity index is 198. The van der Waals surface area contributed by atoms with Crippen LogP contribution in [0.25, 0.3) is 0 Å². The minimum Gasteiger partial charge on any atom is -0.394 e. The summed E-state index contributed by atoms with van der Waals surface area (Å²) in [6, 6.07) is 0. The Kier molecular flexibility index (Phi) is 3.44. The summed E-state index contributed by atoms with van der Waals surface area (Å²) in [5.41, 5.74) is 0. The molecule has 0 aromatic heterocycles. The van der Waals surface area contributed by atoms with Gasteiger partial charge in [-0.1, -0.05) is 0 Å². The lowest BCUT2D eigenvalue weighted by atomic mass is 10.1. The van der Waals surface area contributed by atoms with E-state index in [-0.39, 0.29) is 0 Å². The fraction of sp³-hybridized carbons (Fsp3) is 1.00. The normalized spacial score (nSPS) is 35.6. The van der Waals surface area contributed by atoms with Crippen LogP contribution in [0.1, 0.15) is 13.8 Å². The molecule has 1 saturated heterocycles. The first-order valence-corrected chi connectivity index (χ1v) is 4.34. The monoisotopic (exact) mass is 210 g/mol. The lowest BCUT2D eigenvalue weighted by Gasteiger charge is -2.21. The molecule has 1 heterocycles. The molecule has 0 aromatic rings. The maximum absolute atomic E-state index is 13.3. The first-order valence-electron chi connectivity index (χ1n) is 4.34. The van der Waals surface area contributed by atoms with Crippen LogP contribution in [-0.2, 0) is 9.47 Å². The van der Waals surface area contributed by atoms with Gasteiger partial charge in [0.05, 0.1) is 6.61 Å². The van der Waals surface area contributed by atoms with Crippen molar-refractivity contribution in [3.8, 4) is 0 Å². The molecule has 1 aliphatic rings. The van der Waals surface area contributed by atoms with Crippen LogP contribution >= 0.6 is 0 Å². The number of rotatable bonds is 3. The van der Waals surface area contributed by atoms with Gasteiger partial charge in [0.25, 0.3) is 0 Å². The average Bonchev–Trinajstić information content (AvgIpc) is 2.37. The second-order valence-corrected chi connectivity index (χ2v) is 3.69. The number of hydrogen-bond donors (Lipinski definition) is 3.